The summed E-state index contributed by atoms with van der Waals surface area (Å²) in [5.74, 6) is 1.28. The number of carbonyl (C=O) groups excluding carboxylic acids is 1. The molecule has 65 heavy (non-hydrogen) atoms. The van der Waals surface area contributed by atoms with Crippen LogP contribution in [0.25, 0.3) is 22.3 Å². The van der Waals surface area contributed by atoms with Crippen LogP contribution in [0.2, 0.25) is 10.0 Å². The lowest BCUT2D eigenvalue weighted by molar-refractivity contribution is -0.148. The number of carbonyl (C=O) groups is 2. The zero-order chi connectivity index (χ0) is 44.9. The minimum atomic E-state index is -0.776. The Balaban J connectivity index is 0.000000226. The maximum Gasteiger partial charge on any atom is 0.309 e. The molecule has 344 valence electrons. The number of aliphatic carboxylic acids is 1. The number of benzene rings is 6. The molecule has 0 spiro atoms. The van der Waals surface area contributed by atoms with E-state index in [1.54, 1.807) is 25.1 Å². The Labute approximate surface area is 414 Å². The Hall–Kier alpha value is -4.94. The number of phenols is 1. The molecule has 0 saturated heterocycles. The topological polar surface area (TPSA) is 112 Å². The number of alkyl halides is 1. The van der Waals surface area contributed by atoms with Crippen molar-refractivity contribution < 1.29 is 38.7 Å². The zero-order valence-electron chi connectivity index (χ0n) is 36.0. The molecule has 0 bridgehead atoms. The number of hydrogen-bond acceptors (Lipinski definition) is 7. The van der Waals surface area contributed by atoms with E-state index in [0.717, 1.165) is 60.1 Å². The van der Waals surface area contributed by atoms with Crippen molar-refractivity contribution in [1.82, 2.24) is 0 Å². The second kappa shape index (κ2) is 25.7. The van der Waals surface area contributed by atoms with E-state index in [1.807, 2.05) is 80.6 Å². The molecule has 6 aromatic carbocycles. The number of fused-ring (bicyclic) bond motifs is 2. The number of hydrogen-bond donors (Lipinski definition) is 2. The van der Waals surface area contributed by atoms with Gasteiger partial charge in [0.25, 0.3) is 0 Å². The molecule has 2 atom stereocenters. The fourth-order valence-corrected chi connectivity index (χ4v) is 7.98. The SMILES string of the molecule is C.CCOC(=O)[C@H]1CCOc2cc(O)ccc2C1.Cc1c(Cl)cccc1-c1cccc(CCl)c1.Cc1c(Cl)cccc1-c1cccc(COc2ccc3c(c2)OCC[C@H](C(=O)O)C3)c1.I. The van der Waals surface area contributed by atoms with Crippen LogP contribution < -0.4 is 14.2 Å². The Morgan fingerprint density at radius 2 is 1.22 bits per heavy atom. The number of esters is 1. The largest absolute Gasteiger partial charge is 0.508 e. The van der Waals surface area contributed by atoms with Gasteiger partial charge in [0.1, 0.15) is 29.6 Å². The molecule has 0 amide bonds. The number of carboxylic acid groups (broad SMARTS) is 1. The van der Waals surface area contributed by atoms with Gasteiger partial charge in [0, 0.05) is 28.1 Å². The van der Waals surface area contributed by atoms with Crippen molar-refractivity contribution in [2.75, 3.05) is 19.8 Å². The van der Waals surface area contributed by atoms with Gasteiger partial charge in [-0.3, -0.25) is 9.59 Å². The number of rotatable bonds is 9. The first-order valence-corrected chi connectivity index (χ1v) is 22.2. The molecule has 2 N–H and O–H groups in total. The van der Waals surface area contributed by atoms with Crippen LogP contribution in [0.3, 0.4) is 0 Å². The van der Waals surface area contributed by atoms with Crippen LogP contribution in [0.4, 0.5) is 0 Å². The van der Waals surface area contributed by atoms with E-state index in [9.17, 15) is 19.8 Å². The first-order chi connectivity index (χ1) is 30.4. The molecule has 0 saturated carbocycles. The summed E-state index contributed by atoms with van der Waals surface area (Å²) in [6, 6.07) is 38.9. The minimum Gasteiger partial charge on any atom is -0.508 e. The normalized spacial score (nSPS) is 14.7. The van der Waals surface area contributed by atoms with Crippen LogP contribution in [0.5, 0.6) is 23.0 Å². The molecular formula is C53H56Cl3IO8. The lowest BCUT2D eigenvalue weighted by Crippen LogP contribution is -2.20. The van der Waals surface area contributed by atoms with Gasteiger partial charge in [-0.05, 0) is 138 Å². The minimum absolute atomic E-state index is 0. The van der Waals surface area contributed by atoms with Gasteiger partial charge in [-0.25, -0.2) is 0 Å². The smallest absolute Gasteiger partial charge is 0.309 e. The molecule has 0 radical (unpaired) electrons. The van der Waals surface area contributed by atoms with Crippen molar-refractivity contribution in [3.8, 4) is 45.3 Å². The van der Waals surface area contributed by atoms with Crippen LogP contribution in [-0.2, 0) is 39.7 Å². The summed E-state index contributed by atoms with van der Waals surface area (Å²) < 4.78 is 22.3. The molecule has 0 aliphatic carbocycles. The third-order valence-electron chi connectivity index (χ3n) is 11.0. The van der Waals surface area contributed by atoms with E-state index >= 15 is 0 Å². The van der Waals surface area contributed by atoms with E-state index in [1.165, 1.54) is 5.56 Å². The summed E-state index contributed by atoms with van der Waals surface area (Å²) in [6.45, 7) is 7.55. The van der Waals surface area contributed by atoms with E-state index in [-0.39, 0.29) is 49.0 Å². The van der Waals surface area contributed by atoms with Crippen LogP contribution in [-0.4, -0.2) is 42.0 Å². The third kappa shape index (κ3) is 14.5. The predicted octanol–water partition coefficient (Wildman–Crippen LogP) is 14.1. The van der Waals surface area contributed by atoms with Gasteiger partial charge < -0.3 is 29.2 Å². The van der Waals surface area contributed by atoms with E-state index in [4.69, 9.17) is 53.8 Å². The number of phenolic OH excluding ortho intramolecular Hbond substituents is 1. The maximum absolute atomic E-state index is 11.7. The highest BCUT2D eigenvalue weighted by Gasteiger charge is 2.26. The van der Waals surface area contributed by atoms with Crippen molar-refractivity contribution in [3.63, 3.8) is 0 Å². The van der Waals surface area contributed by atoms with Crippen molar-refractivity contribution >= 4 is 70.7 Å². The standard InChI is InChI=1S/C25H23ClO4.C14H12Cl2.C13H16O4.CH4.HI/c1-16-22(6-3-7-23(16)26)18-5-2-4-17(12-18)15-30-21-9-8-19-13-20(25(27)28)10-11-29-24(19)14-21;1-10-13(6-3-7-14(10)16)12-5-2-4-11(8-12)9-15;1-2-16-13(15)10-5-6-17-12-8-11(14)4-3-9(12)7-10;;/h2-9,12,14,20H,10-11,13,15H2,1H3,(H,27,28);2-8H,9H2,1H3;3-4,8,10,14H,2,5-7H2,1H3;1H4;1H/t20-;;10-;;/m0.0../s1. The third-order valence-corrected chi connectivity index (χ3v) is 12.1. The van der Waals surface area contributed by atoms with Crippen LogP contribution in [0.1, 0.15) is 60.6 Å². The molecule has 8 rings (SSSR count). The summed E-state index contributed by atoms with van der Waals surface area (Å²) in [6.07, 6.45) is 2.24. The highest BCUT2D eigenvalue weighted by molar-refractivity contribution is 14.0. The molecule has 0 fully saturated rings. The first-order valence-electron chi connectivity index (χ1n) is 20.9. The molecular weight excluding hydrogens is 998 g/mol. The molecule has 2 aliphatic rings. The highest BCUT2D eigenvalue weighted by Crippen LogP contribution is 2.34. The highest BCUT2D eigenvalue weighted by atomic mass is 127. The fourth-order valence-electron chi connectivity index (χ4n) is 7.46. The lowest BCUT2D eigenvalue weighted by Gasteiger charge is -2.13. The van der Waals surface area contributed by atoms with E-state index in [0.29, 0.717) is 75.2 Å². The van der Waals surface area contributed by atoms with Gasteiger partial charge >= 0.3 is 11.9 Å². The Morgan fingerprint density at radius 3 is 1.80 bits per heavy atom. The second-order valence-corrected chi connectivity index (χ2v) is 16.5. The van der Waals surface area contributed by atoms with E-state index < -0.39 is 11.9 Å². The number of aromatic hydroxyl groups is 1. The second-order valence-electron chi connectivity index (χ2n) is 15.4. The Morgan fingerprint density at radius 1 is 0.692 bits per heavy atom. The van der Waals surface area contributed by atoms with Crippen LogP contribution in [0.15, 0.2) is 121 Å². The zero-order valence-corrected chi connectivity index (χ0v) is 40.5. The molecule has 2 aliphatic heterocycles. The van der Waals surface area contributed by atoms with Crippen LogP contribution in [0, 0.1) is 25.7 Å². The maximum atomic E-state index is 11.7. The number of halogens is 4. The van der Waals surface area contributed by atoms with Gasteiger partial charge in [0.2, 0.25) is 0 Å². The average molecular weight is 1050 g/mol. The van der Waals surface area contributed by atoms with Crippen molar-refractivity contribution in [2.45, 2.75) is 66.4 Å². The summed E-state index contributed by atoms with van der Waals surface area (Å²) >= 11 is 18.2. The van der Waals surface area contributed by atoms with Gasteiger partial charge in [0.15, 0.2) is 0 Å². The number of ether oxygens (including phenoxy) is 4. The molecule has 0 unspecified atom stereocenters. The van der Waals surface area contributed by atoms with Gasteiger partial charge in [0.05, 0.1) is 31.7 Å². The van der Waals surface area contributed by atoms with Gasteiger partial charge in [-0.2, -0.15) is 0 Å². The van der Waals surface area contributed by atoms with Crippen molar-refractivity contribution in [3.05, 3.63) is 165 Å². The quantitative estimate of drug-likeness (QED) is 0.0837. The van der Waals surface area contributed by atoms with Gasteiger partial charge in [-0.1, -0.05) is 103 Å². The monoisotopic (exact) mass is 1050 g/mol. The van der Waals surface area contributed by atoms with Crippen molar-refractivity contribution in [1.29, 1.82) is 0 Å². The lowest BCUT2D eigenvalue weighted by atomic mass is 9.97. The molecule has 8 nitrogen and oxygen atoms in total. The van der Waals surface area contributed by atoms with Crippen molar-refractivity contribution in [2.24, 2.45) is 11.8 Å². The first kappa shape index (κ1) is 52.7. The van der Waals surface area contributed by atoms with Gasteiger partial charge in [-0.15, -0.1) is 35.6 Å². The fraction of sp³-hybridized carbons (Fsp3) is 0.283. The van der Waals surface area contributed by atoms with Crippen LogP contribution >= 0.6 is 58.8 Å². The molecule has 0 aromatic heterocycles. The average Bonchev–Trinajstić information content (AvgIpc) is 3.64. The molecule has 12 heteroatoms. The summed E-state index contributed by atoms with van der Waals surface area (Å²) in [5.41, 5.74) is 10.7. The predicted molar refractivity (Wildman–Crippen MR) is 273 cm³/mol. The molecule has 6 aromatic rings. The Bertz CT molecular complexity index is 2530. The molecule has 2 heterocycles. The summed E-state index contributed by atoms with van der Waals surface area (Å²) in [7, 11) is 0. The van der Waals surface area contributed by atoms with E-state index in [2.05, 4.69) is 36.4 Å². The number of carboxylic acids is 1. The Kier molecular flexibility index (Phi) is 20.8. The summed E-state index contributed by atoms with van der Waals surface area (Å²) in [4.78, 5) is 23.0. The summed E-state index contributed by atoms with van der Waals surface area (Å²) in [5, 5.41) is 20.2.